The first kappa shape index (κ1) is 13.3. The molecular formula is C16H18N2OS. The first-order valence-electron chi connectivity index (χ1n) is 6.71. The summed E-state index contributed by atoms with van der Waals surface area (Å²) >= 11 is 1.69. The monoisotopic (exact) mass is 286 g/mol. The molecule has 3 nitrogen and oxygen atoms in total. The van der Waals surface area contributed by atoms with E-state index in [0.29, 0.717) is 6.42 Å². The maximum absolute atomic E-state index is 10.6. The molecule has 3 aromatic rings. The van der Waals surface area contributed by atoms with E-state index in [2.05, 4.69) is 22.6 Å². The first-order valence-corrected chi connectivity index (χ1v) is 7.59. The number of rotatable bonds is 3. The molecule has 0 aliphatic heterocycles. The molecule has 104 valence electrons. The minimum Gasteiger partial charge on any atom is -0.388 e. The molecule has 4 heteroatoms. The van der Waals surface area contributed by atoms with Crippen LogP contribution in [0.15, 0.2) is 29.6 Å². The Morgan fingerprint density at radius 3 is 2.80 bits per heavy atom. The van der Waals surface area contributed by atoms with Crippen molar-refractivity contribution in [2.24, 2.45) is 7.05 Å². The fourth-order valence-corrected chi connectivity index (χ4v) is 3.66. The van der Waals surface area contributed by atoms with E-state index in [9.17, 15) is 5.11 Å². The van der Waals surface area contributed by atoms with Gasteiger partial charge in [0.1, 0.15) is 0 Å². The van der Waals surface area contributed by atoms with Crippen LogP contribution in [-0.4, -0.2) is 14.9 Å². The Morgan fingerprint density at radius 2 is 2.10 bits per heavy atom. The smallest absolute Gasteiger partial charge is 0.0845 e. The zero-order valence-electron chi connectivity index (χ0n) is 11.9. The van der Waals surface area contributed by atoms with Crippen LogP contribution in [0.3, 0.4) is 0 Å². The van der Waals surface area contributed by atoms with Crippen LogP contribution in [0.1, 0.15) is 28.6 Å². The second kappa shape index (κ2) is 5.04. The van der Waals surface area contributed by atoms with Gasteiger partial charge in [-0.1, -0.05) is 18.2 Å². The number of aryl methyl sites for hydroxylation is 2. The van der Waals surface area contributed by atoms with Crippen molar-refractivity contribution in [3.63, 3.8) is 0 Å². The summed E-state index contributed by atoms with van der Waals surface area (Å²) in [5, 5.41) is 18.3. The van der Waals surface area contributed by atoms with Crippen molar-refractivity contribution in [2.75, 3.05) is 0 Å². The minimum absolute atomic E-state index is 0.487. The van der Waals surface area contributed by atoms with Gasteiger partial charge in [0.2, 0.25) is 0 Å². The van der Waals surface area contributed by atoms with Crippen LogP contribution in [0.4, 0.5) is 0 Å². The standard InChI is InChI=1S/C16H18N2OS/c1-10-14(11(2)18(3)17-10)9-15(19)13-6-4-5-12-7-8-20-16(12)13/h4-8,15,19H,9H2,1-3H3. The van der Waals surface area contributed by atoms with Crippen molar-refractivity contribution in [2.45, 2.75) is 26.4 Å². The number of aromatic nitrogens is 2. The van der Waals surface area contributed by atoms with E-state index in [0.717, 1.165) is 22.5 Å². The Labute approximate surface area is 122 Å². The van der Waals surface area contributed by atoms with Crippen LogP contribution in [-0.2, 0) is 13.5 Å². The molecule has 1 aromatic carbocycles. The zero-order chi connectivity index (χ0) is 14.3. The van der Waals surface area contributed by atoms with Crippen molar-refractivity contribution in [3.05, 3.63) is 52.2 Å². The molecule has 0 fully saturated rings. The predicted molar refractivity (Wildman–Crippen MR) is 83.2 cm³/mol. The molecule has 3 rings (SSSR count). The number of hydrogen-bond donors (Lipinski definition) is 1. The van der Waals surface area contributed by atoms with Gasteiger partial charge < -0.3 is 5.11 Å². The van der Waals surface area contributed by atoms with E-state index in [1.807, 2.05) is 37.7 Å². The van der Waals surface area contributed by atoms with Crippen molar-refractivity contribution >= 4 is 21.4 Å². The second-order valence-electron chi connectivity index (χ2n) is 5.18. The highest BCUT2D eigenvalue weighted by atomic mass is 32.1. The SMILES string of the molecule is Cc1nn(C)c(C)c1CC(O)c1cccc2ccsc12. The number of aliphatic hydroxyl groups is 1. The molecule has 0 saturated heterocycles. The van der Waals surface area contributed by atoms with Gasteiger partial charge in [0, 0.05) is 23.9 Å². The van der Waals surface area contributed by atoms with E-state index in [1.165, 1.54) is 10.1 Å². The average molecular weight is 286 g/mol. The minimum atomic E-state index is -0.487. The maximum atomic E-state index is 10.6. The van der Waals surface area contributed by atoms with Gasteiger partial charge in [0.15, 0.2) is 0 Å². The highest BCUT2D eigenvalue weighted by molar-refractivity contribution is 7.17. The molecule has 0 radical (unpaired) electrons. The lowest BCUT2D eigenvalue weighted by Gasteiger charge is -2.12. The van der Waals surface area contributed by atoms with E-state index >= 15 is 0 Å². The summed E-state index contributed by atoms with van der Waals surface area (Å²) in [5.74, 6) is 0. The average Bonchev–Trinajstić information content (AvgIpc) is 2.99. The molecule has 0 aliphatic carbocycles. The number of benzene rings is 1. The number of nitrogens with zero attached hydrogens (tertiary/aromatic N) is 2. The van der Waals surface area contributed by atoms with Gasteiger partial charge in [-0.3, -0.25) is 4.68 Å². The van der Waals surface area contributed by atoms with Gasteiger partial charge in [-0.15, -0.1) is 11.3 Å². The fraction of sp³-hybridized carbons (Fsp3) is 0.312. The Bertz CT molecular complexity index is 757. The molecule has 0 aliphatic rings. The molecule has 0 spiro atoms. The molecule has 2 aromatic heterocycles. The number of hydrogen-bond acceptors (Lipinski definition) is 3. The fourth-order valence-electron chi connectivity index (χ4n) is 2.69. The van der Waals surface area contributed by atoms with E-state index in [4.69, 9.17) is 0 Å². The lowest BCUT2D eigenvalue weighted by molar-refractivity contribution is 0.180. The highest BCUT2D eigenvalue weighted by Gasteiger charge is 2.17. The zero-order valence-corrected chi connectivity index (χ0v) is 12.7. The third kappa shape index (κ3) is 2.15. The van der Waals surface area contributed by atoms with E-state index in [-0.39, 0.29) is 0 Å². The highest BCUT2D eigenvalue weighted by Crippen LogP contribution is 2.31. The quantitative estimate of drug-likeness (QED) is 0.800. The van der Waals surface area contributed by atoms with Gasteiger partial charge in [-0.25, -0.2) is 0 Å². The van der Waals surface area contributed by atoms with Crippen LogP contribution in [0.2, 0.25) is 0 Å². The summed E-state index contributed by atoms with van der Waals surface area (Å²) in [6.45, 7) is 4.05. The lowest BCUT2D eigenvalue weighted by atomic mass is 9.99. The van der Waals surface area contributed by atoms with Crippen LogP contribution in [0.25, 0.3) is 10.1 Å². The van der Waals surface area contributed by atoms with E-state index < -0.39 is 6.10 Å². The Kier molecular flexibility index (Phi) is 3.36. The van der Waals surface area contributed by atoms with Gasteiger partial charge >= 0.3 is 0 Å². The van der Waals surface area contributed by atoms with Gasteiger partial charge in [-0.2, -0.15) is 5.10 Å². The van der Waals surface area contributed by atoms with Crippen molar-refractivity contribution in [1.29, 1.82) is 0 Å². The molecule has 1 atom stereocenters. The first-order chi connectivity index (χ1) is 9.58. The molecule has 0 amide bonds. The van der Waals surface area contributed by atoms with Crippen molar-refractivity contribution < 1.29 is 5.11 Å². The van der Waals surface area contributed by atoms with E-state index in [1.54, 1.807) is 11.3 Å². The summed E-state index contributed by atoms with van der Waals surface area (Å²) in [7, 11) is 1.94. The maximum Gasteiger partial charge on any atom is 0.0845 e. The number of aliphatic hydroxyl groups excluding tert-OH is 1. The third-order valence-corrected chi connectivity index (χ3v) is 4.90. The van der Waals surface area contributed by atoms with Crippen LogP contribution >= 0.6 is 11.3 Å². The summed E-state index contributed by atoms with van der Waals surface area (Å²) in [6, 6.07) is 8.21. The van der Waals surface area contributed by atoms with Gasteiger partial charge in [-0.05, 0) is 41.8 Å². The Hall–Kier alpha value is -1.65. The molecule has 0 saturated carbocycles. The predicted octanol–water partition coefficient (Wildman–Crippen LogP) is 3.53. The molecule has 1 unspecified atom stereocenters. The van der Waals surface area contributed by atoms with Crippen LogP contribution in [0.5, 0.6) is 0 Å². The van der Waals surface area contributed by atoms with Crippen LogP contribution in [0, 0.1) is 13.8 Å². The second-order valence-corrected chi connectivity index (χ2v) is 6.10. The summed E-state index contributed by atoms with van der Waals surface area (Å²) in [4.78, 5) is 0. The lowest BCUT2D eigenvalue weighted by Crippen LogP contribution is -2.04. The topological polar surface area (TPSA) is 38.0 Å². The van der Waals surface area contributed by atoms with Gasteiger partial charge in [0.05, 0.1) is 11.8 Å². The van der Waals surface area contributed by atoms with Crippen molar-refractivity contribution in [1.82, 2.24) is 9.78 Å². The number of fused-ring (bicyclic) bond motifs is 1. The normalized spacial score (nSPS) is 13.0. The molecule has 2 heterocycles. The number of thiophene rings is 1. The third-order valence-electron chi connectivity index (χ3n) is 3.92. The Balaban J connectivity index is 1.97. The summed E-state index contributed by atoms with van der Waals surface area (Å²) < 4.78 is 3.06. The Morgan fingerprint density at radius 1 is 1.30 bits per heavy atom. The summed E-state index contributed by atoms with van der Waals surface area (Å²) in [6.07, 6.45) is 0.127. The molecule has 0 bridgehead atoms. The molecule has 20 heavy (non-hydrogen) atoms. The largest absolute Gasteiger partial charge is 0.388 e. The van der Waals surface area contributed by atoms with Crippen molar-refractivity contribution in [3.8, 4) is 0 Å². The molecular weight excluding hydrogens is 268 g/mol. The van der Waals surface area contributed by atoms with Crippen LogP contribution < -0.4 is 0 Å². The van der Waals surface area contributed by atoms with Gasteiger partial charge in [0.25, 0.3) is 0 Å². The molecule has 1 N–H and O–H groups in total. The summed E-state index contributed by atoms with van der Waals surface area (Å²) in [5.41, 5.74) is 4.29.